The van der Waals surface area contributed by atoms with E-state index in [1.165, 1.54) is 0 Å². The van der Waals surface area contributed by atoms with Crippen LogP contribution in [0.3, 0.4) is 0 Å². The molecule has 0 saturated heterocycles. The number of carbonyl (C=O) groups excluding carboxylic acids is 1. The van der Waals surface area contributed by atoms with Crippen molar-refractivity contribution in [3.63, 3.8) is 0 Å². The fourth-order valence-electron chi connectivity index (χ4n) is 5.15. The highest BCUT2D eigenvalue weighted by Gasteiger charge is 2.42. The van der Waals surface area contributed by atoms with E-state index in [-0.39, 0.29) is 17.1 Å². The molecule has 1 amide bonds. The number of carbonyl (C=O) groups is 1. The van der Waals surface area contributed by atoms with Crippen molar-refractivity contribution in [2.45, 2.75) is 33.4 Å². The van der Waals surface area contributed by atoms with Gasteiger partial charge < -0.3 is 23.7 Å². The Bertz CT molecular complexity index is 1510. The van der Waals surface area contributed by atoms with E-state index in [0.29, 0.717) is 54.3 Å². The van der Waals surface area contributed by atoms with Gasteiger partial charge in [-0.1, -0.05) is 62.4 Å². The zero-order valence-electron chi connectivity index (χ0n) is 22.7. The highest BCUT2D eigenvalue weighted by atomic mass is 16.5. The van der Waals surface area contributed by atoms with Gasteiger partial charge in [0.05, 0.1) is 23.6 Å². The summed E-state index contributed by atoms with van der Waals surface area (Å²) in [7, 11) is 0. The summed E-state index contributed by atoms with van der Waals surface area (Å²) < 4.78 is 18.1. The molecule has 1 atom stereocenters. The van der Waals surface area contributed by atoms with Crippen LogP contribution in [0.4, 0.5) is 0 Å². The third kappa shape index (κ3) is 5.27. The molecule has 7 nitrogen and oxygen atoms in total. The lowest BCUT2D eigenvalue weighted by Crippen LogP contribution is -2.37. The van der Waals surface area contributed by atoms with Gasteiger partial charge in [-0.05, 0) is 55.4 Å². The first-order chi connectivity index (χ1) is 19.0. The van der Waals surface area contributed by atoms with E-state index in [0.717, 1.165) is 24.2 Å². The highest BCUT2D eigenvalue weighted by molar-refractivity contribution is 5.99. The van der Waals surface area contributed by atoms with Gasteiger partial charge in [0, 0.05) is 13.1 Å². The van der Waals surface area contributed by atoms with Crippen molar-refractivity contribution in [2.24, 2.45) is 0 Å². The maximum Gasteiger partial charge on any atom is 0.290 e. The molecular weight excluding hydrogens is 492 g/mol. The molecule has 0 N–H and O–H groups in total. The zero-order chi connectivity index (χ0) is 27.4. The van der Waals surface area contributed by atoms with E-state index in [9.17, 15) is 9.59 Å². The fraction of sp³-hybridized carbons (Fsp3) is 0.312. The Labute approximate surface area is 228 Å². The predicted molar refractivity (Wildman–Crippen MR) is 152 cm³/mol. The molecule has 0 aliphatic carbocycles. The number of amides is 1. The Morgan fingerprint density at radius 3 is 2.36 bits per heavy atom. The van der Waals surface area contributed by atoms with Crippen LogP contribution in [0, 0.1) is 0 Å². The van der Waals surface area contributed by atoms with Crippen LogP contribution < -0.4 is 14.9 Å². The van der Waals surface area contributed by atoms with Crippen LogP contribution >= 0.6 is 0 Å². The summed E-state index contributed by atoms with van der Waals surface area (Å²) in [6.07, 6.45) is 0. The predicted octanol–water partition coefficient (Wildman–Crippen LogP) is 5.66. The lowest BCUT2D eigenvalue weighted by atomic mass is 9.98. The molecule has 0 spiro atoms. The quantitative estimate of drug-likeness (QED) is 0.251. The third-order valence-electron chi connectivity index (χ3n) is 7.25. The van der Waals surface area contributed by atoms with Crippen LogP contribution in [-0.4, -0.2) is 48.5 Å². The Morgan fingerprint density at radius 1 is 0.872 bits per heavy atom. The average molecular weight is 527 g/mol. The summed E-state index contributed by atoms with van der Waals surface area (Å²) in [6.45, 7) is 9.86. The van der Waals surface area contributed by atoms with E-state index in [2.05, 4.69) is 18.7 Å². The van der Waals surface area contributed by atoms with Crippen LogP contribution in [0.1, 0.15) is 54.1 Å². The van der Waals surface area contributed by atoms with Gasteiger partial charge in [-0.2, -0.15) is 0 Å². The maximum absolute atomic E-state index is 13.8. The minimum atomic E-state index is -0.591. The Kier molecular flexibility index (Phi) is 7.98. The molecule has 7 heteroatoms. The second kappa shape index (κ2) is 11.7. The molecule has 5 rings (SSSR count). The van der Waals surface area contributed by atoms with E-state index in [1.807, 2.05) is 61.5 Å². The van der Waals surface area contributed by atoms with Crippen LogP contribution in [0.15, 0.2) is 82.0 Å². The summed E-state index contributed by atoms with van der Waals surface area (Å²) in [6, 6.07) is 22.1. The standard InChI is InChI=1S/C32H34N2O5/c1-4-33(5-2)18-19-34-29(28-30(35)24-14-10-11-15-25(24)39-31(28)32(34)36)23-16-17-26(27(20-23)37-6-3)38-21-22-12-8-7-9-13-22/h7-17,20,29H,4-6,18-19,21H2,1-3H3. The molecule has 0 fully saturated rings. The molecule has 1 aliphatic heterocycles. The molecule has 3 aromatic carbocycles. The first-order valence-electron chi connectivity index (χ1n) is 13.6. The van der Waals surface area contributed by atoms with E-state index < -0.39 is 6.04 Å². The fourth-order valence-corrected chi connectivity index (χ4v) is 5.15. The van der Waals surface area contributed by atoms with Crippen molar-refractivity contribution in [3.05, 3.63) is 105 Å². The molecule has 0 bridgehead atoms. The van der Waals surface area contributed by atoms with Crippen molar-refractivity contribution >= 4 is 16.9 Å². The van der Waals surface area contributed by atoms with Crippen LogP contribution in [0.2, 0.25) is 0 Å². The van der Waals surface area contributed by atoms with Crippen molar-refractivity contribution in [1.82, 2.24) is 9.80 Å². The van der Waals surface area contributed by atoms with Gasteiger partial charge in [0.2, 0.25) is 5.76 Å². The first-order valence-corrected chi connectivity index (χ1v) is 13.6. The van der Waals surface area contributed by atoms with Crippen molar-refractivity contribution in [3.8, 4) is 11.5 Å². The van der Waals surface area contributed by atoms with Gasteiger partial charge in [-0.25, -0.2) is 0 Å². The zero-order valence-corrected chi connectivity index (χ0v) is 22.7. The number of fused-ring (bicyclic) bond motifs is 2. The van der Waals surface area contributed by atoms with Crippen LogP contribution in [-0.2, 0) is 6.61 Å². The van der Waals surface area contributed by atoms with Gasteiger partial charge in [0.1, 0.15) is 12.2 Å². The Morgan fingerprint density at radius 2 is 1.62 bits per heavy atom. The van der Waals surface area contributed by atoms with E-state index in [4.69, 9.17) is 13.9 Å². The number of hydrogen-bond acceptors (Lipinski definition) is 6. The Hall–Kier alpha value is -4.10. The molecule has 4 aromatic rings. The second-order valence-corrected chi connectivity index (χ2v) is 9.51. The maximum atomic E-state index is 13.8. The van der Waals surface area contributed by atoms with Gasteiger partial charge in [0.15, 0.2) is 16.9 Å². The monoisotopic (exact) mass is 526 g/mol. The molecule has 39 heavy (non-hydrogen) atoms. The summed E-state index contributed by atoms with van der Waals surface area (Å²) >= 11 is 0. The smallest absolute Gasteiger partial charge is 0.290 e. The van der Waals surface area contributed by atoms with Crippen LogP contribution in [0.25, 0.3) is 11.0 Å². The van der Waals surface area contributed by atoms with Crippen molar-refractivity contribution < 1.29 is 18.7 Å². The van der Waals surface area contributed by atoms with E-state index in [1.54, 1.807) is 23.1 Å². The SMILES string of the molecule is CCOc1cc(C2c3c(oc4ccccc4c3=O)C(=O)N2CCN(CC)CC)ccc1OCc1ccccc1. The van der Waals surface area contributed by atoms with Crippen LogP contribution in [0.5, 0.6) is 11.5 Å². The summed E-state index contributed by atoms with van der Waals surface area (Å²) in [5, 5.41) is 0.465. The first kappa shape index (κ1) is 26.5. The molecule has 0 saturated carbocycles. The number of para-hydroxylation sites is 1. The van der Waals surface area contributed by atoms with Crippen molar-refractivity contribution in [2.75, 3.05) is 32.8 Å². The van der Waals surface area contributed by atoms with Gasteiger partial charge in [0.25, 0.3) is 5.91 Å². The second-order valence-electron chi connectivity index (χ2n) is 9.51. The molecule has 202 valence electrons. The molecule has 1 aromatic heterocycles. The van der Waals surface area contributed by atoms with Crippen molar-refractivity contribution in [1.29, 1.82) is 0 Å². The highest BCUT2D eigenvalue weighted by Crippen LogP contribution is 2.41. The summed E-state index contributed by atoms with van der Waals surface area (Å²) in [5.41, 5.74) is 2.43. The molecular formula is C32H34N2O5. The Balaban J connectivity index is 1.57. The molecule has 0 radical (unpaired) electrons. The number of ether oxygens (including phenoxy) is 2. The molecule has 2 heterocycles. The summed E-state index contributed by atoms with van der Waals surface area (Å²) in [4.78, 5) is 31.5. The summed E-state index contributed by atoms with van der Waals surface area (Å²) in [5.74, 6) is 1.02. The minimum Gasteiger partial charge on any atom is -0.490 e. The molecule has 1 unspecified atom stereocenters. The number of nitrogens with zero attached hydrogens (tertiary/aromatic N) is 2. The molecule has 1 aliphatic rings. The largest absolute Gasteiger partial charge is 0.490 e. The normalized spacial score (nSPS) is 14.7. The lowest BCUT2D eigenvalue weighted by Gasteiger charge is -2.28. The number of rotatable bonds is 11. The van der Waals surface area contributed by atoms with Gasteiger partial charge in [-0.3, -0.25) is 9.59 Å². The number of likely N-dealkylation sites (N-methyl/N-ethyl adjacent to an activating group) is 1. The number of hydrogen-bond donors (Lipinski definition) is 0. The van der Waals surface area contributed by atoms with Gasteiger partial charge in [-0.15, -0.1) is 0 Å². The lowest BCUT2D eigenvalue weighted by molar-refractivity contribution is 0.0708. The minimum absolute atomic E-state index is 0.116. The third-order valence-corrected chi connectivity index (χ3v) is 7.25. The average Bonchev–Trinajstić information content (AvgIpc) is 3.25. The number of benzene rings is 3. The van der Waals surface area contributed by atoms with Gasteiger partial charge >= 0.3 is 0 Å². The topological polar surface area (TPSA) is 72.2 Å². The van der Waals surface area contributed by atoms with E-state index >= 15 is 0 Å².